The zero-order valence-corrected chi connectivity index (χ0v) is 16.9. The molecule has 0 radical (unpaired) electrons. The lowest BCUT2D eigenvalue weighted by atomic mass is 10.0. The maximum Gasteiger partial charge on any atom is 0.416 e. The molecule has 0 amide bonds. The molecular weight excluding hydrogens is 383 g/mol. The van der Waals surface area contributed by atoms with Gasteiger partial charge in [0, 0.05) is 30.9 Å². The van der Waals surface area contributed by atoms with Gasteiger partial charge in [0.05, 0.1) is 24.1 Å². The van der Waals surface area contributed by atoms with Crippen LogP contribution in [0.4, 0.5) is 13.2 Å². The lowest BCUT2D eigenvalue weighted by Crippen LogP contribution is -2.21. The fourth-order valence-electron chi connectivity index (χ4n) is 3.55. The number of benzene rings is 1. The number of nitrogens with one attached hydrogen (secondary N) is 1. The van der Waals surface area contributed by atoms with Gasteiger partial charge in [-0.15, -0.1) is 0 Å². The number of aromatic amines is 1. The molecule has 8 heteroatoms. The van der Waals surface area contributed by atoms with Crippen LogP contribution in [0.3, 0.4) is 0 Å². The summed E-state index contributed by atoms with van der Waals surface area (Å²) in [5.74, 6) is 0.524. The maximum absolute atomic E-state index is 13.5. The summed E-state index contributed by atoms with van der Waals surface area (Å²) in [6, 6.07) is 3.88. The lowest BCUT2D eigenvalue weighted by Gasteiger charge is -2.22. The molecule has 0 aliphatic carbocycles. The molecule has 2 heterocycles. The highest BCUT2D eigenvalue weighted by Gasteiger charge is 2.32. The average Bonchev–Trinajstić information content (AvgIpc) is 3.14. The largest absolute Gasteiger partial charge is 0.493 e. The van der Waals surface area contributed by atoms with Gasteiger partial charge in [-0.2, -0.15) is 18.3 Å². The van der Waals surface area contributed by atoms with Crippen LogP contribution in [0, 0.1) is 5.92 Å². The first-order valence-electron chi connectivity index (χ1n) is 10.0. The van der Waals surface area contributed by atoms with Crippen molar-refractivity contribution in [2.45, 2.75) is 38.9 Å². The van der Waals surface area contributed by atoms with E-state index in [1.54, 1.807) is 12.3 Å². The molecule has 3 rings (SSSR count). The third-order valence-electron chi connectivity index (χ3n) is 5.11. The van der Waals surface area contributed by atoms with Crippen molar-refractivity contribution in [3.05, 3.63) is 35.5 Å². The van der Waals surface area contributed by atoms with Gasteiger partial charge in [-0.05, 0) is 57.0 Å². The van der Waals surface area contributed by atoms with Crippen LogP contribution in [-0.2, 0) is 17.5 Å². The molecule has 1 aliphatic rings. The fraction of sp³-hybridized carbons (Fsp3) is 0.571. The Morgan fingerprint density at radius 3 is 2.69 bits per heavy atom. The molecule has 1 aromatic heterocycles. The summed E-state index contributed by atoms with van der Waals surface area (Å²) in [6.45, 7) is 5.32. The second kappa shape index (κ2) is 9.63. The Balaban J connectivity index is 1.85. The van der Waals surface area contributed by atoms with Gasteiger partial charge in [0.2, 0.25) is 0 Å². The van der Waals surface area contributed by atoms with E-state index in [4.69, 9.17) is 9.47 Å². The quantitative estimate of drug-likeness (QED) is 0.682. The lowest BCUT2D eigenvalue weighted by molar-refractivity contribution is -0.137. The zero-order chi connectivity index (χ0) is 20.9. The average molecular weight is 411 g/mol. The van der Waals surface area contributed by atoms with Gasteiger partial charge >= 0.3 is 6.18 Å². The molecule has 1 aliphatic heterocycles. The van der Waals surface area contributed by atoms with Crippen molar-refractivity contribution in [3.8, 4) is 17.0 Å². The number of nitrogens with zero attached hydrogens (tertiary/aromatic N) is 2. The molecule has 2 aromatic rings. The second-order valence-corrected chi connectivity index (χ2v) is 7.62. The molecule has 1 fully saturated rings. The van der Waals surface area contributed by atoms with E-state index in [1.807, 2.05) is 7.05 Å². The predicted molar refractivity (Wildman–Crippen MR) is 105 cm³/mol. The smallest absolute Gasteiger partial charge is 0.416 e. The van der Waals surface area contributed by atoms with Crippen molar-refractivity contribution in [3.63, 3.8) is 0 Å². The van der Waals surface area contributed by atoms with Crippen LogP contribution in [0.5, 0.6) is 5.75 Å². The number of alkyl halides is 3. The summed E-state index contributed by atoms with van der Waals surface area (Å²) in [5, 5.41) is 6.93. The number of halogens is 3. The Morgan fingerprint density at radius 1 is 1.24 bits per heavy atom. The minimum absolute atomic E-state index is 0.226. The molecule has 5 nitrogen and oxygen atoms in total. The molecule has 160 valence electrons. The highest BCUT2D eigenvalue weighted by Crippen LogP contribution is 2.36. The Labute approximate surface area is 169 Å². The predicted octanol–water partition coefficient (Wildman–Crippen LogP) is 4.74. The van der Waals surface area contributed by atoms with Gasteiger partial charge in [0.1, 0.15) is 5.75 Å². The van der Waals surface area contributed by atoms with E-state index < -0.39 is 11.7 Å². The summed E-state index contributed by atoms with van der Waals surface area (Å²) in [4.78, 5) is 2.12. The minimum Gasteiger partial charge on any atom is -0.493 e. The van der Waals surface area contributed by atoms with Crippen molar-refractivity contribution in [1.82, 2.24) is 15.1 Å². The molecule has 1 aromatic carbocycles. The van der Waals surface area contributed by atoms with Crippen molar-refractivity contribution < 1.29 is 22.6 Å². The van der Waals surface area contributed by atoms with Gasteiger partial charge in [-0.1, -0.05) is 6.92 Å². The number of aromatic nitrogens is 2. The third-order valence-corrected chi connectivity index (χ3v) is 5.11. The number of hydrogen-bond donors (Lipinski definition) is 1. The molecule has 0 spiro atoms. The first-order chi connectivity index (χ1) is 13.9. The molecule has 1 saturated heterocycles. The molecule has 0 unspecified atom stereocenters. The number of H-pyrrole nitrogens is 1. The van der Waals surface area contributed by atoms with Gasteiger partial charge in [-0.25, -0.2) is 0 Å². The van der Waals surface area contributed by atoms with Crippen molar-refractivity contribution >= 4 is 0 Å². The van der Waals surface area contributed by atoms with Crippen LogP contribution in [0.15, 0.2) is 24.4 Å². The topological polar surface area (TPSA) is 50.4 Å². The molecule has 0 saturated carbocycles. The Kier molecular flexibility index (Phi) is 7.18. The van der Waals surface area contributed by atoms with Crippen LogP contribution in [0.1, 0.15) is 37.3 Å². The van der Waals surface area contributed by atoms with Crippen molar-refractivity contribution in [2.75, 3.05) is 33.4 Å². The van der Waals surface area contributed by atoms with E-state index in [1.165, 1.54) is 0 Å². The van der Waals surface area contributed by atoms with E-state index in [-0.39, 0.29) is 5.75 Å². The summed E-state index contributed by atoms with van der Waals surface area (Å²) in [7, 11) is 1.98. The SMILES string of the molecule is CCCN(C)Cc1cn[nH]c1-c1cc(OCC2CCOCC2)cc(C(F)(F)F)c1. The Hall–Kier alpha value is -2.06. The van der Waals surface area contributed by atoms with Gasteiger partial charge in [0.15, 0.2) is 0 Å². The second-order valence-electron chi connectivity index (χ2n) is 7.62. The Morgan fingerprint density at radius 2 is 2.00 bits per heavy atom. The number of rotatable bonds is 8. The molecule has 0 bridgehead atoms. The van der Waals surface area contributed by atoms with Crippen molar-refractivity contribution in [1.29, 1.82) is 0 Å². The van der Waals surface area contributed by atoms with E-state index in [0.29, 0.717) is 43.5 Å². The Bertz CT molecular complexity index is 786. The van der Waals surface area contributed by atoms with E-state index in [9.17, 15) is 13.2 Å². The monoisotopic (exact) mass is 411 g/mol. The number of ether oxygens (including phenoxy) is 2. The first-order valence-corrected chi connectivity index (χ1v) is 10.0. The summed E-state index contributed by atoms with van der Waals surface area (Å²) >= 11 is 0. The van der Waals surface area contributed by atoms with Crippen LogP contribution in [-0.4, -0.2) is 48.5 Å². The highest BCUT2D eigenvalue weighted by atomic mass is 19.4. The summed E-state index contributed by atoms with van der Waals surface area (Å²) < 4.78 is 51.6. The van der Waals surface area contributed by atoms with Crippen LogP contribution < -0.4 is 4.74 Å². The van der Waals surface area contributed by atoms with E-state index in [0.717, 1.165) is 43.5 Å². The molecule has 1 N–H and O–H groups in total. The normalized spacial score (nSPS) is 15.8. The molecule has 0 atom stereocenters. The van der Waals surface area contributed by atoms with Crippen LogP contribution in [0.25, 0.3) is 11.3 Å². The van der Waals surface area contributed by atoms with Gasteiger partial charge in [0.25, 0.3) is 0 Å². The standard InChI is InChI=1S/C21H28F3N3O2/c1-3-6-27(2)13-17-12-25-26-20(17)16-9-18(21(22,23)24)11-19(10-16)29-14-15-4-7-28-8-5-15/h9-12,15H,3-8,13-14H2,1-2H3,(H,25,26). The highest BCUT2D eigenvalue weighted by molar-refractivity contribution is 5.66. The third kappa shape index (κ3) is 5.96. The molecular formula is C21H28F3N3O2. The maximum atomic E-state index is 13.5. The van der Waals surface area contributed by atoms with Crippen LogP contribution in [0.2, 0.25) is 0 Å². The number of hydrogen-bond acceptors (Lipinski definition) is 4. The summed E-state index contributed by atoms with van der Waals surface area (Å²) in [6.07, 6.45) is -0.0612. The van der Waals surface area contributed by atoms with E-state index in [2.05, 4.69) is 22.0 Å². The van der Waals surface area contributed by atoms with Crippen molar-refractivity contribution in [2.24, 2.45) is 5.92 Å². The van der Waals surface area contributed by atoms with Gasteiger partial charge < -0.3 is 14.4 Å². The zero-order valence-electron chi connectivity index (χ0n) is 16.9. The van der Waals surface area contributed by atoms with Crippen LogP contribution >= 0.6 is 0 Å². The first kappa shape index (κ1) is 21.6. The fourth-order valence-corrected chi connectivity index (χ4v) is 3.55. The van der Waals surface area contributed by atoms with Gasteiger partial charge in [-0.3, -0.25) is 5.10 Å². The minimum atomic E-state index is -4.45. The van der Waals surface area contributed by atoms with E-state index >= 15 is 0 Å². The summed E-state index contributed by atoms with van der Waals surface area (Å²) in [5.41, 5.74) is 1.16. The molecule has 29 heavy (non-hydrogen) atoms.